The van der Waals surface area contributed by atoms with E-state index in [1.165, 1.54) is 193 Å². The van der Waals surface area contributed by atoms with Crippen molar-refractivity contribution in [1.29, 1.82) is 0 Å². The summed E-state index contributed by atoms with van der Waals surface area (Å²) in [4.78, 5) is 73.0. The second kappa shape index (κ2) is 74.5. The number of phosphoric acid groups is 2. The number of hydrogen-bond donors (Lipinski definition) is 3. The molecule has 0 spiro atoms. The molecule has 19 heteroatoms. The van der Waals surface area contributed by atoms with E-state index in [1.807, 2.05) is 0 Å². The number of carbonyl (C=O) groups excluding carboxylic acids is 4. The molecule has 0 aromatic heterocycles. The van der Waals surface area contributed by atoms with Crippen LogP contribution in [0.4, 0.5) is 0 Å². The third-order valence-electron chi connectivity index (χ3n) is 18.1. The standard InChI is InChI=1S/C81H152O17P2/c1-5-9-13-17-21-25-29-33-36-37-40-43-46-50-54-58-62-66-79(84)92-71-76(97-80(85)67-63-59-55-51-47-41-32-28-24-20-16-12-8-4)73-95-99(87,88)93-69-75(82)70-94-100(89,90)96-74-77(98-81(86)68-64-60-56-52-48-44-39-35-31-27-23-19-15-11-7-3)72-91-78(83)65-61-57-53-49-45-42-38-34-30-26-22-18-14-10-6-2/h22,26,34-35,38-39,75-77,82H,5-21,23-25,27-33,36-37,40-74H2,1-4H3,(H,87,88)(H,89,90)/b26-22-,38-34-,39-35-/t75-,76+,77+/m0/s1. The van der Waals surface area contributed by atoms with E-state index in [0.717, 1.165) is 128 Å². The minimum atomic E-state index is -4.97. The van der Waals surface area contributed by atoms with Gasteiger partial charge in [-0.15, -0.1) is 0 Å². The quantitative estimate of drug-likeness (QED) is 0.0169. The van der Waals surface area contributed by atoms with Gasteiger partial charge in [0.05, 0.1) is 26.4 Å². The topological polar surface area (TPSA) is 237 Å². The van der Waals surface area contributed by atoms with E-state index in [9.17, 15) is 43.2 Å². The molecule has 0 aliphatic carbocycles. The van der Waals surface area contributed by atoms with Gasteiger partial charge in [0.25, 0.3) is 0 Å². The Morgan fingerprint density at radius 1 is 0.280 bits per heavy atom. The van der Waals surface area contributed by atoms with E-state index < -0.39 is 97.5 Å². The molecule has 0 aromatic carbocycles. The number of aliphatic hydroxyl groups excluding tert-OH is 1. The van der Waals surface area contributed by atoms with Gasteiger partial charge in [-0.3, -0.25) is 37.3 Å². The van der Waals surface area contributed by atoms with Crippen LogP contribution in [0.2, 0.25) is 0 Å². The molecule has 17 nitrogen and oxygen atoms in total. The highest BCUT2D eigenvalue weighted by Gasteiger charge is 2.30. The summed E-state index contributed by atoms with van der Waals surface area (Å²) in [6, 6.07) is 0. The van der Waals surface area contributed by atoms with Crippen molar-refractivity contribution in [1.82, 2.24) is 0 Å². The van der Waals surface area contributed by atoms with Crippen molar-refractivity contribution >= 4 is 39.5 Å². The highest BCUT2D eigenvalue weighted by molar-refractivity contribution is 7.47. The maximum atomic E-state index is 13.1. The first-order valence-electron chi connectivity index (χ1n) is 41.2. The molecule has 0 fully saturated rings. The molecular weight excluding hydrogens is 1310 g/mol. The minimum absolute atomic E-state index is 0.0882. The normalized spacial score (nSPS) is 14.0. The fourth-order valence-corrected chi connectivity index (χ4v) is 13.4. The van der Waals surface area contributed by atoms with Gasteiger partial charge in [-0.05, 0) is 83.5 Å². The first-order chi connectivity index (χ1) is 48.7. The maximum Gasteiger partial charge on any atom is 0.472 e. The fourth-order valence-electron chi connectivity index (χ4n) is 11.8. The van der Waals surface area contributed by atoms with Gasteiger partial charge >= 0.3 is 39.5 Å². The lowest BCUT2D eigenvalue weighted by Crippen LogP contribution is -2.30. The Hall–Kier alpha value is -2.72. The zero-order chi connectivity index (χ0) is 73.2. The van der Waals surface area contributed by atoms with Crippen LogP contribution in [0.3, 0.4) is 0 Å². The molecule has 0 radical (unpaired) electrons. The van der Waals surface area contributed by atoms with Crippen molar-refractivity contribution in [3.63, 3.8) is 0 Å². The molecule has 100 heavy (non-hydrogen) atoms. The lowest BCUT2D eigenvalue weighted by molar-refractivity contribution is -0.161. The van der Waals surface area contributed by atoms with Crippen LogP contribution >= 0.6 is 15.6 Å². The zero-order valence-corrected chi connectivity index (χ0v) is 66.2. The Morgan fingerprint density at radius 2 is 0.490 bits per heavy atom. The van der Waals surface area contributed by atoms with Crippen molar-refractivity contribution in [3.8, 4) is 0 Å². The summed E-state index contributed by atoms with van der Waals surface area (Å²) >= 11 is 0. The summed E-state index contributed by atoms with van der Waals surface area (Å²) in [5.74, 6) is -2.15. The van der Waals surface area contributed by atoms with Gasteiger partial charge in [0.1, 0.15) is 19.3 Å². The highest BCUT2D eigenvalue weighted by atomic mass is 31.2. The van der Waals surface area contributed by atoms with Gasteiger partial charge < -0.3 is 33.8 Å². The van der Waals surface area contributed by atoms with Crippen LogP contribution in [0.5, 0.6) is 0 Å². The van der Waals surface area contributed by atoms with Crippen LogP contribution in [-0.4, -0.2) is 96.7 Å². The number of carbonyl (C=O) groups is 4. The van der Waals surface area contributed by atoms with Gasteiger partial charge in [-0.25, -0.2) is 9.13 Å². The summed E-state index contributed by atoms with van der Waals surface area (Å²) in [5.41, 5.74) is 0. The number of unbranched alkanes of at least 4 members (excludes halogenated alkanes) is 47. The second-order valence-electron chi connectivity index (χ2n) is 28.1. The smallest absolute Gasteiger partial charge is 0.462 e. The number of phosphoric ester groups is 2. The van der Waals surface area contributed by atoms with Gasteiger partial charge in [0, 0.05) is 25.7 Å². The summed E-state index contributed by atoms with van der Waals surface area (Å²) < 4.78 is 68.7. The Balaban J connectivity index is 5.30. The maximum absolute atomic E-state index is 13.1. The number of rotatable bonds is 79. The Kier molecular flexibility index (Phi) is 72.5. The van der Waals surface area contributed by atoms with Gasteiger partial charge in [-0.2, -0.15) is 0 Å². The Labute approximate surface area is 611 Å². The average molecular weight is 1460 g/mol. The highest BCUT2D eigenvalue weighted by Crippen LogP contribution is 2.45. The monoisotopic (exact) mass is 1460 g/mol. The molecule has 2 unspecified atom stereocenters. The first-order valence-corrected chi connectivity index (χ1v) is 44.2. The molecule has 0 aromatic rings. The summed E-state index contributed by atoms with van der Waals surface area (Å²) in [6.07, 6.45) is 71.1. The van der Waals surface area contributed by atoms with Gasteiger partial charge in [-0.1, -0.05) is 327 Å². The molecule has 0 aliphatic heterocycles. The second-order valence-corrected chi connectivity index (χ2v) is 31.0. The molecule has 5 atom stereocenters. The molecule has 0 amide bonds. The van der Waals surface area contributed by atoms with Crippen LogP contribution in [0, 0.1) is 0 Å². The first kappa shape index (κ1) is 97.3. The van der Waals surface area contributed by atoms with Crippen LogP contribution in [0.1, 0.15) is 400 Å². The Bertz CT molecular complexity index is 2040. The molecule has 0 aliphatic rings. The average Bonchev–Trinajstić information content (AvgIpc) is 0.988. The predicted octanol–water partition coefficient (Wildman–Crippen LogP) is 23.9. The van der Waals surface area contributed by atoms with Gasteiger partial charge in [0.15, 0.2) is 12.2 Å². The lowest BCUT2D eigenvalue weighted by atomic mass is 10.0. The largest absolute Gasteiger partial charge is 0.472 e. The van der Waals surface area contributed by atoms with Crippen LogP contribution in [0.15, 0.2) is 36.5 Å². The predicted molar refractivity (Wildman–Crippen MR) is 409 cm³/mol. The van der Waals surface area contributed by atoms with Crippen molar-refractivity contribution in [3.05, 3.63) is 36.5 Å². The molecular formula is C81H152O17P2. The van der Waals surface area contributed by atoms with E-state index in [4.69, 9.17) is 37.0 Å². The number of allylic oxidation sites excluding steroid dienone is 6. The van der Waals surface area contributed by atoms with Crippen molar-refractivity contribution in [2.75, 3.05) is 39.6 Å². The van der Waals surface area contributed by atoms with E-state index in [0.29, 0.717) is 25.7 Å². The molecule has 3 N–H and O–H groups in total. The number of hydrogen-bond acceptors (Lipinski definition) is 15. The van der Waals surface area contributed by atoms with Crippen molar-refractivity contribution < 1.29 is 80.2 Å². The molecule has 0 saturated carbocycles. The van der Waals surface area contributed by atoms with Crippen LogP contribution in [0.25, 0.3) is 0 Å². The number of ether oxygens (including phenoxy) is 4. The van der Waals surface area contributed by atoms with Crippen molar-refractivity contribution in [2.45, 2.75) is 418 Å². The zero-order valence-electron chi connectivity index (χ0n) is 64.4. The lowest BCUT2D eigenvalue weighted by Gasteiger charge is -2.21. The van der Waals surface area contributed by atoms with E-state index in [2.05, 4.69) is 64.2 Å². The summed E-state index contributed by atoms with van der Waals surface area (Å²) in [7, 11) is -9.94. The van der Waals surface area contributed by atoms with E-state index >= 15 is 0 Å². The van der Waals surface area contributed by atoms with E-state index in [-0.39, 0.29) is 25.7 Å². The molecule has 0 bridgehead atoms. The molecule has 0 rings (SSSR count). The molecule has 0 heterocycles. The van der Waals surface area contributed by atoms with Crippen molar-refractivity contribution in [2.24, 2.45) is 0 Å². The summed E-state index contributed by atoms with van der Waals surface area (Å²) in [5, 5.41) is 10.6. The van der Waals surface area contributed by atoms with Gasteiger partial charge in [0.2, 0.25) is 0 Å². The van der Waals surface area contributed by atoms with Crippen LogP contribution < -0.4 is 0 Å². The molecule has 0 saturated heterocycles. The Morgan fingerprint density at radius 3 is 0.770 bits per heavy atom. The number of aliphatic hydroxyl groups is 1. The fraction of sp³-hybridized carbons (Fsp3) is 0.877. The minimum Gasteiger partial charge on any atom is -0.462 e. The third-order valence-corrected chi connectivity index (χ3v) is 20.0. The SMILES string of the molecule is CCCCC/C=C\C/C=C\CCCCCCCC(=O)OC[C@H](COP(=O)(O)OC[C@@H](O)COP(=O)(O)OC[C@@H](COC(=O)CCCCCCCCCCCCCCCCCCC)OC(=O)CCCCCCCCCCCCCCC)OC(=O)CCCCCCC/C=C\CCCCCCCC. The number of esters is 4. The summed E-state index contributed by atoms with van der Waals surface area (Å²) in [6.45, 7) is 4.93. The third kappa shape index (κ3) is 73.6. The van der Waals surface area contributed by atoms with Crippen LogP contribution in [-0.2, 0) is 65.4 Å². The molecule has 588 valence electrons. The van der Waals surface area contributed by atoms with E-state index in [1.54, 1.807) is 0 Å².